The molecule has 98 valence electrons. The van der Waals surface area contributed by atoms with Gasteiger partial charge in [0.25, 0.3) is 0 Å². The Hall–Kier alpha value is -1.71. The van der Waals surface area contributed by atoms with E-state index in [1.807, 2.05) is 18.2 Å². The van der Waals surface area contributed by atoms with E-state index in [1.165, 1.54) is 6.07 Å². The quantitative estimate of drug-likeness (QED) is 0.917. The van der Waals surface area contributed by atoms with Crippen LogP contribution in [0.25, 0.3) is 0 Å². The summed E-state index contributed by atoms with van der Waals surface area (Å²) >= 11 is 0. The number of benzene rings is 2. The molecule has 0 aromatic heterocycles. The fourth-order valence-electron chi connectivity index (χ4n) is 2.55. The van der Waals surface area contributed by atoms with Crippen molar-refractivity contribution in [2.24, 2.45) is 5.73 Å². The average molecular weight is 257 g/mol. The number of hydrogen-bond donors (Lipinski definition) is 1. The van der Waals surface area contributed by atoms with Crippen molar-refractivity contribution < 1.29 is 9.13 Å². The first-order chi connectivity index (χ1) is 9.24. The number of nitrogens with two attached hydrogens (primary N) is 1. The summed E-state index contributed by atoms with van der Waals surface area (Å²) in [5.41, 5.74) is 8.62. The van der Waals surface area contributed by atoms with Gasteiger partial charge in [-0.2, -0.15) is 0 Å². The molecular weight excluding hydrogens is 241 g/mol. The lowest BCUT2D eigenvalue weighted by Crippen LogP contribution is -2.47. The summed E-state index contributed by atoms with van der Waals surface area (Å²) in [4.78, 5) is 0. The van der Waals surface area contributed by atoms with Gasteiger partial charge >= 0.3 is 0 Å². The largest absolute Gasteiger partial charge is 0.379 e. The fraction of sp³-hybridized carbons (Fsp3) is 0.250. The van der Waals surface area contributed by atoms with E-state index < -0.39 is 0 Å². The topological polar surface area (TPSA) is 35.2 Å². The third-order valence-corrected chi connectivity index (χ3v) is 3.82. The Morgan fingerprint density at radius 3 is 2.32 bits per heavy atom. The molecule has 0 aliphatic carbocycles. The van der Waals surface area contributed by atoms with Crippen LogP contribution in [0.5, 0.6) is 0 Å². The second kappa shape index (κ2) is 4.76. The minimum Gasteiger partial charge on any atom is -0.379 e. The fourth-order valence-corrected chi connectivity index (χ4v) is 2.55. The molecule has 0 saturated carbocycles. The van der Waals surface area contributed by atoms with Crippen LogP contribution in [-0.2, 0) is 16.7 Å². The first kappa shape index (κ1) is 12.3. The number of hydrogen-bond acceptors (Lipinski definition) is 2. The van der Waals surface area contributed by atoms with Crippen LogP contribution in [0.3, 0.4) is 0 Å². The molecule has 0 bridgehead atoms. The number of halogens is 1. The zero-order valence-corrected chi connectivity index (χ0v) is 10.6. The first-order valence-electron chi connectivity index (χ1n) is 6.38. The molecule has 0 unspecified atom stereocenters. The van der Waals surface area contributed by atoms with Gasteiger partial charge in [0.2, 0.25) is 0 Å². The Kier molecular flexibility index (Phi) is 3.09. The van der Waals surface area contributed by atoms with Crippen molar-refractivity contribution >= 4 is 0 Å². The van der Waals surface area contributed by atoms with E-state index >= 15 is 0 Å². The van der Waals surface area contributed by atoms with E-state index in [0.717, 1.165) is 16.7 Å². The van der Waals surface area contributed by atoms with E-state index in [4.69, 9.17) is 10.5 Å². The molecule has 1 fully saturated rings. The van der Waals surface area contributed by atoms with Crippen LogP contribution in [0.15, 0.2) is 48.5 Å². The molecule has 0 spiro atoms. The summed E-state index contributed by atoms with van der Waals surface area (Å²) < 4.78 is 18.8. The third kappa shape index (κ3) is 2.05. The SMILES string of the molecule is NCc1ccc(C2(c3cccc(F)c3)COC2)cc1. The molecule has 2 N–H and O–H groups in total. The Morgan fingerprint density at radius 1 is 1.05 bits per heavy atom. The highest BCUT2D eigenvalue weighted by Gasteiger charge is 2.42. The molecule has 2 aromatic carbocycles. The van der Waals surface area contributed by atoms with Gasteiger partial charge in [0, 0.05) is 6.54 Å². The summed E-state index contributed by atoms with van der Waals surface area (Å²) in [5.74, 6) is -0.206. The van der Waals surface area contributed by atoms with Crippen molar-refractivity contribution in [1.82, 2.24) is 0 Å². The van der Waals surface area contributed by atoms with Crippen molar-refractivity contribution in [3.8, 4) is 0 Å². The summed E-state index contributed by atoms with van der Waals surface area (Å²) in [6.45, 7) is 1.72. The molecule has 1 heterocycles. The van der Waals surface area contributed by atoms with Gasteiger partial charge in [0.05, 0.1) is 18.6 Å². The number of rotatable bonds is 3. The molecule has 3 heteroatoms. The maximum absolute atomic E-state index is 13.4. The van der Waals surface area contributed by atoms with Gasteiger partial charge in [-0.15, -0.1) is 0 Å². The van der Waals surface area contributed by atoms with Crippen LogP contribution in [0, 0.1) is 5.82 Å². The molecule has 19 heavy (non-hydrogen) atoms. The molecule has 1 saturated heterocycles. The van der Waals surface area contributed by atoms with Crippen molar-refractivity contribution in [1.29, 1.82) is 0 Å². The maximum atomic E-state index is 13.4. The van der Waals surface area contributed by atoms with E-state index in [1.54, 1.807) is 12.1 Å². The minimum atomic E-state index is -0.213. The van der Waals surface area contributed by atoms with Crippen molar-refractivity contribution in [2.75, 3.05) is 13.2 Å². The van der Waals surface area contributed by atoms with Crippen molar-refractivity contribution in [2.45, 2.75) is 12.0 Å². The van der Waals surface area contributed by atoms with Crippen LogP contribution in [0.1, 0.15) is 16.7 Å². The standard InChI is InChI=1S/C16H16FNO/c17-15-3-1-2-14(8-15)16(10-19-11-16)13-6-4-12(9-18)5-7-13/h1-8H,9-11,18H2. The molecule has 0 amide bonds. The molecule has 2 nitrogen and oxygen atoms in total. The third-order valence-electron chi connectivity index (χ3n) is 3.82. The highest BCUT2D eigenvalue weighted by molar-refractivity contribution is 5.42. The van der Waals surface area contributed by atoms with Crippen LogP contribution in [-0.4, -0.2) is 13.2 Å². The minimum absolute atomic E-state index is 0.206. The molecule has 0 radical (unpaired) electrons. The second-order valence-corrected chi connectivity index (χ2v) is 4.99. The van der Waals surface area contributed by atoms with Gasteiger partial charge in [0.15, 0.2) is 0 Å². The van der Waals surface area contributed by atoms with Crippen LogP contribution in [0.2, 0.25) is 0 Å². The summed E-state index contributed by atoms with van der Waals surface area (Å²) in [7, 11) is 0. The Labute approximate surface area is 112 Å². The summed E-state index contributed by atoms with van der Waals surface area (Å²) in [5, 5.41) is 0. The molecule has 1 aliphatic rings. The van der Waals surface area contributed by atoms with Gasteiger partial charge < -0.3 is 10.5 Å². The van der Waals surface area contributed by atoms with Crippen molar-refractivity contribution in [3.63, 3.8) is 0 Å². The maximum Gasteiger partial charge on any atom is 0.123 e. The predicted octanol–water partition coefficient (Wildman–Crippen LogP) is 2.60. The van der Waals surface area contributed by atoms with Crippen molar-refractivity contribution in [3.05, 3.63) is 71.0 Å². The molecular formula is C16H16FNO. The summed E-state index contributed by atoms with van der Waals surface area (Å²) in [6.07, 6.45) is 0. The van der Waals surface area contributed by atoms with Gasteiger partial charge in [-0.3, -0.25) is 0 Å². The van der Waals surface area contributed by atoms with E-state index in [0.29, 0.717) is 19.8 Å². The van der Waals surface area contributed by atoms with E-state index in [9.17, 15) is 4.39 Å². The van der Waals surface area contributed by atoms with Gasteiger partial charge in [0.1, 0.15) is 5.82 Å². The average Bonchev–Trinajstić information content (AvgIpc) is 2.38. The molecule has 3 rings (SSSR count). The zero-order valence-electron chi connectivity index (χ0n) is 10.6. The lowest BCUT2D eigenvalue weighted by molar-refractivity contribution is -0.0381. The monoisotopic (exact) mass is 257 g/mol. The zero-order chi connectivity index (χ0) is 13.3. The van der Waals surface area contributed by atoms with Gasteiger partial charge in [-0.05, 0) is 28.8 Å². The lowest BCUT2D eigenvalue weighted by Gasteiger charge is -2.42. The molecule has 1 aliphatic heterocycles. The van der Waals surface area contributed by atoms with Crippen LogP contribution < -0.4 is 5.73 Å². The molecule has 2 aromatic rings. The Bertz CT molecular complexity index is 576. The van der Waals surface area contributed by atoms with E-state index in [-0.39, 0.29) is 11.2 Å². The predicted molar refractivity (Wildman–Crippen MR) is 72.3 cm³/mol. The van der Waals surface area contributed by atoms with Gasteiger partial charge in [-0.1, -0.05) is 36.4 Å². The second-order valence-electron chi connectivity index (χ2n) is 4.99. The first-order valence-corrected chi connectivity index (χ1v) is 6.38. The highest BCUT2D eigenvalue weighted by atomic mass is 19.1. The Balaban J connectivity index is 2.02. The van der Waals surface area contributed by atoms with Gasteiger partial charge in [-0.25, -0.2) is 4.39 Å². The van der Waals surface area contributed by atoms with Crippen LogP contribution >= 0.6 is 0 Å². The molecule has 0 atom stereocenters. The summed E-state index contributed by atoms with van der Waals surface area (Å²) in [6, 6.07) is 14.9. The van der Waals surface area contributed by atoms with Crippen LogP contribution in [0.4, 0.5) is 4.39 Å². The van der Waals surface area contributed by atoms with E-state index in [2.05, 4.69) is 12.1 Å². The highest BCUT2D eigenvalue weighted by Crippen LogP contribution is 2.39. The number of ether oxygens (including phenoxy) is 1. The smallest absolute Gasteiger partial charge is 0.123 e. The normalized spacial score (nSPS) is 16.9. The lowest BCUT2D eigenvalue weighted by atomic mass is 9.73. The Morgan fingerprint density at radius 2 is 1.79 bits per heavy atom.